The molecule has 0 radical (unpaired) electrons. The number of rotatable bonds is 10. The molecular formula is C12H25BrO2. The number of halogens is 1. The van der Waals surface area contributed by atoms with E-state index in [1.165, 1.54) is 12.8 Å². The summed E-state index contributed by atoms with van der Waals surface area (Å²) in [6, 6.07) is 0. The Kier molecular flexibility index (Phi) is 11.2. The molecule has 0 rings (SSSR count). The first-order valence-electron chi connectivity index (χ1n) is 5.92. The van der Waals surface area contributed by atoms with Crippen LogP contribution in [-0.2, 0) is 9.47 Å². The summed E-state index contributed by atoms with van der Waals surface area (Å²) in [6.07, 6.45) is 2.46. The van der Waals surface area contributed by atoms with E-state index in [4.69, 9.17) is 9.47 Å². The predicted molar refractivity (Wildman–Crippen MR) is 68.7 cm³/mol. The average Bonchev–Trinajstić information content (AvgIpc) is 2.21. The van der Waals surface area contributed by atoms with Gasteiger partial charge in [-0.3, -0.25) is 0 Å². The highest BCUT2D eigenvalue weighted by atomic mass is 79.9. The van der Waals surface area contributed by atoms with Crippen LogP contribution in [0, 0.1) is 11.8 Å². The van der Waals surface area contributed by atoms with Gasteiger partial charge in [0.1, 0.15) is 0 Å². The fourth-order valence-electron chi connectivity index (χ4n) is 1.30. The van der Waals surface area contributed by atoms with E-state index in [1.54, 1.807) is 0 Å². The second-order valence-electron chi connectivity index (χ2n) is 4.35. The Hall–Kier alpha value is 0.400. The Bertz CT molecular complexity index is 129. The minimum absolute atomic E-state index is 0.611. The fraction of sp³-hybridized carbons (Fsp3) is 1.00. The summed E-state index contributed by atoms with van der Waals surface area (Å²) >= 11 is 3.51. The van der Waals surface area contributed by atoms with Crippen molar-refractivity contribution in [3.63, 3.8) is 0 Å². The highest BCUT2D eigenvalue weighted by Gasteiger charge is 2.05. The molecule has 0 heterocycles. The predicted octanol–water partition coefficient (Wildman–Crippen LogP) is 3.49. The summed E-state index contributed by atoms with van der Waals surface area (Å²) in [5, 5.41) is 1.04. The molecular weight excluding hydrogens is 256 g/mol. The van der Waals surface area contributed by atoms with Crippen LogP contribution in [0.5, 0.6) is 0 Å². The van der Waals surface area contributed by atoms with Crippen LogP contribution in [0.2, 0.25) is 0 Å². The topological polar surface area (TPSA) is 18.5 Å². The summed E-state index contributed by atoms with van der Waals surface area (Å²) in [6.45, 7) is 9.65. The highest BCUT2D eigenvalue weighted by molar-refractivity contribution is 9.09. The molecule has 3 heteroatoms. The van der Waals surface area contributed by atoms with Crippen molar-refractivity contribution in [3.05, 3.63) is 0 Å². The van der Waals surface area contributed by atoms with Crippen molar-refractivity contribution in [2.24, 2.45) is 11.8 Å². The van der Waals surface area contributed by atoms with E-state index < -0.39 is 0 Å². The minimum atomic E-state index is 0.611. The van der Waals surface area contributed by atoms with Crippen molar-refractivity contribution >= 4 is 15.9 Å². The van der Waals surface area contributed by atoms with Gasteiger partial charge < -0.3 is 9.47 Å². The minimum Gasteiger partial charge on any atom is -0.379 e. The Morgan fingerprint density at radius 1 is 1.07 bits per heavy atom. The molecule has 0 fully saturated rings. The molecule has 0 aliphatic carbocycles. The van der Waals surface area contributed by atoms with E-state index in [0.29, 0.717) is 11.8 Å². The van der Waals surface area contributed by atoms with Crippen molar-refractivity contribution in [1.82, 2.24) is 0 Å². The molecule has 1 unspecified atom stereocenters. The van der Waals surface area contributed by atoms with Gasteiger partial charge in [-0.2, -0.15) is 0 Å². The van der Waals surface area contributed by atoms with Gasteiger partial charge in [-0.05, 0) is 18.3 Å². The molecule has 1 atom stereocenters. The quantitative estimate of drug-likeness (QED) is 0.451. The first kappa shape index (κ1) is 15.4. The summed E-state index contributed by atoms with van der Waals surface area (Å²) in [5.74, 6) is 1.26. The van der Waals surface area contributed by atoms with Crippen LogP contribution in [0.25, 0.3) is 0 Å². The third-order valence-corrected chi connectivity index (χ3v) is 3.01. The zero-order chi connectivity index (χ0) is 11.5. The van der Waals surface area contributed by atoms with Crippen molar-refractivity contribution in [1.29, 1.82) is 0 Å². The molecule has 0 aromatic carbocycles. The smallest absolute Gasteiger partial charge is 0.0700 e. The van der Waals surface area contributed by atoms with Crippen molar-refractivity contribution in [2.45, 2.75) is 33.6 Å². The lowest BCUT2D eigenvalue weighted by molar-refractivity contribution is 0.0270. The molecule has 15 heavy (non-hydrogen) atoms. The van der Waals surface area contributed by atoms with E-state index in [0.717, 1.165) is 31.8 Å². The standard InChI is InChI=1S/C12H25BrO2/c1-4-5-12(8-13)10-15-7-6-14-9-11(2)3/h11-12H,4-10H2,1-3H3. The molecule has 0 bridgehead atoms. The maximum absolute atomic E-state index is 5.57. The maximum atomic E-state index is 5.57. The van der Waals surface area contributed by atoms with Crippen LogP contribution in [-0.4, -0.2) is 31.8 Å². The number of alkyl halides is 1. The van der Waals surface area contributed by atoms with Gasteiger partial charge in [-0.25, -0.2) is 0 Å². The molecule has 0 saturated heterocycles. The molecule has 0 spiro atoms. The molecule has 0 aliphatic heterocycles. The van der Waals surface area contributed by atoms with Crippen molar-refractivity contribution < 1.29 is 9.47 Å². The zero-order valence-electron chi connectivity index (χ0n) is 10.3. The van der Waals surface area contributed by atoms with Gasteiger partial charge in [0.05, 0.1) is 19.8 Å². The number of hydrogen-bond acceptors (Lipinski definition) is 2. The molecule has 0 aliphatic rings. The molecule has 2 nitrogen and oxygen atoms in total. The van der Waals surface area contributed by atoms with Gasteiger partial charge in [0.25, 0.3) is 0 Å². The summed E-state index contributed by atoms with van der Waals surface area (Å²) in [4.78, 5) is 0. The zero-order valence-corrected chi connectivity index (χ0v) is 11.9. The van der Waals surface area contributed by atoms with E-state index in [2.05, 4.69) is 36.7 Å². The van der Waals surface area contributed by atoms with Crippen LogP contribution in [0.1, 0.15) is 33.6 Å². The van der Waals surface area contributed by atoms with Gasteiger partial charge in [0.2, 0.25) is 0 Å². The third kappa shape index (κ3) is 10.7. The monoisotopic (exact) mass is 280 g/mol. The summed E-state index contributed by atoms with van der Waals surface area (Å²) in [5.41, 5.74) is 0. The molecule has 0 N–H and O–H groups in total. The Labute approximate surface area is 103 Å². The third-order valence-electron chi connectivity index (χ3n) is 2.09. The molecule has 0 saturated carbocycles. The van der Waals surface area contributed by atoms with E-state index >= 15 is 0 Å². The largest absolute Gasteiger partial charge is 0.379 e. The lowest BCUT2D eigenvalue weighted by atomic mass is 10.1. The lowest BCUT2D eigenvalue weighted by Crippen LogP contribution is -2.14. The van der Waals surface area contributed by atoms with Crippen LogP contribution in [0.15, 0.2) is 0 Å². The Morgan fingerprint density at radius 2 is 1.67 bits per heavy atom. The normalized spacial score (nSPS) is 13.4. The lowest BCUT2D eigenvalue weighted by Gasteiger charge is -2.13. The Morgan fingerprint density at radius 3 is 2.13 bits per heavy atom. The van der Waals surface area contributed by atoms with Crippen molar-refractivity contribution in [2.75, 3.05) is 31.8 Å². The van der Waals surface area contributed by atoms with Crippen molar-refractivity contribution in [3.8, 4) is 0 Å². The maximum Gasteiger partial charge on any atom is 0.0700 e. The van der Waals surface area contributed by atoms with E-state index in [9.17, 15) is 0 Å². The molecule has 92 valence electrons. The first-order valence-corrected chi connectivity index (χ1v) is 7.04. The van der Waals surface area contributed by atoms with Crippen LogP contribution >= 0.6 is 15.9 Å². The van der Waals surface area contributed by atoms with Crippen LogP contribution < -0.4 is 0 Å². The second kappa shape index (κ2) is 10.9. The Balaban J connectivity index is 3.21. The van der Waals surface area contributed by atoms with Gasteiger partial charge in [-0.1, -0.05) is 43.1 Å². The van der Waals surface area contributed by atoms with E-state index in [-0.39, 0.29) is 0 Å². The van der Waals surface area contributed by atoms with Gasteiger partial charge >= 0.3 is 0 Å². The van der Waals surface area contributed by atoms with Gasteiger partial charge in [0, 0.05) is 11.9 Å². The van der Waals surface area contributed by atoms with E-state index in [1.807, 2.05) is 0 Å². The van der Waals surface area contributed by atoms with Gasteiger partial charge in [0.15, 0.2) is 0 Å². The highest BCUT2D eigenvalue weighted by Crippen LogP contribution is 2.09. The average molecular weight is 281 g/mol. The van der Waals surface area contributed by atoms with Gasteiger partial charge in [-0.15, -0.1) is 0 Å². The number of hydrogen-bond donors (Lipinski definition) is 0. The molecule has 0 aromatic heterocycles. The van der Waals surface area contributed by atoms with Crippen LogP contribution in [0.3, 0.4) is 0 Å². The number of ether oxygens (including phenoxy) is 2. The SMILES string of the molecule is CCCC(CBr)COCCOCC(C)C. The summed E-state index contributed by atoms with van der Waals surface area (Å²) < 4.78 is 11.0. The summed E-state index contributed by atoms with van der Waals surface area (Å²) in [7, 11) is 0. The second-order valence-corrected chi connectivity index (χ2v) is 5.00. The van der Waals surface area contributed by atoms with Crippen LogP contribution in [0.4, 0.5) is 0 Å². The first-order chi connectivity index (χ1) is 7.20. The molecule has 0 amide bonds. The molecule has 0 aromatic rings. The fourth-order valence-corrected chi connectivity index (χ4v) is 1.81.